The van der Waals surface area contributed by atoms with Gasteiger partial charge in [-0.1, -0.05) is 18.2 Å². The lowest BCUT2D eigenvalue weighted by atomic mass is 9.97. The molecule has 0 bridgehead atoms. The van der Waals surface area contributed by atoms with E-state index in [4.69, 9.17) is 14.6 Å². The normalized spacial score (nSPS) is 10.1. The first-order valence-corrected chi connectivity index (χ1v) is 6.17. The van der Waals surface area contributed by atoms with Crippen LogP contribution >= 0.6 is 0 Å². The zero-order valence-electron chi connectivity index (χ0n) is 11.4. The molecule has 104 valence electrons. The van der Waals surface area contributed by atoms with Crippen molar-refractivity contribution in [2.75, 3.05) is 14.2 Å². The quantitative estimate of drug-likeness (QED) is 0.909. The van der Waals surface area contributed by atoms with Crippen molar-refractivity contribution < 1.29 is 19.4 Å². The molecule has 0 saturated heterocycles. The van der Waals surface area contributed by atoms with Gasteiger partial charge in [-0.25, -0.2) is 0 Å². The van der Waals surface area contributed by atoms with Crippen LogP contribution in [-0.2, 0) is 11.2 Å². The minimum Gasteiger partial charge on any atom is -0.497 e. The lowest BCUT2D eigenvalue weighted by molar-refractivity contribution is -0.136. The summed E-state index contributed by atoms with van der Waals surface area (Å²) in [6.45, 7) is 0. The van der Waals surface area contributed by atoms with Crippen molar-refractivity contribution >= 4 is 5.97 Å². The molecule has 0 aliphatic heterocycles. The van der Waals surface area contributed by atoms with E-state index >= 15 is 0 Å². The van der Waals surface area contributed by atoms with E-state index < -0.39 is 5.97 Å². The highest BCUT2D eigenvalue weighted by molar-refractivity contribution is 5.77. The van der Waals surface area contributed by atoms with E-state index in [1.165, 1.54) is 0 Å². The fraction of sp³-hybridized carbons (Fsp3) is 0.188. The van der Waals surface area contributed by atoms with E-state index in [0.29, 0.717) is 11.3 Å². The largest absolute Gasteiger partial charge is 0.497 e. The molecule has 0 amide bonds. The monoisotopic (exact) mass is 272 g/mol. The molecule has 0 saturated carbocycles. The summed E-state index contributed by atoms with van der Waals surface area (Å²) in [4.78, 5) is 11.0. The van der Waals surface area contributed by atoms with Crippen LogP contribution in [0.15, 0.2) is 42.5 Å². The maximum Gasteiger partial charge on any atom is 0.307 e. The first kappa shape index (κ1) is 13.9. The molecule has 4 nitrogen and oxygen atoms in total. The van der Waals surface area contributed by atoms with Crippen molar-refractivity contribution in [3.05, 3.63) is 48.0 Å². The lowest BCUT2D eigenvalue weighted by Gasteiger charge is -2.11. The van der Waals surface area contributed by atoms with Gasteiger partial charge in [-0.2, -0.15) is 0 Å². The summed E-state index contributed by atoms with van der Waals surface area (Å²) >= 11 is 0. The van der Waals surface area contributed by atoms with Gasteiger partial charge < -0.3 is 14.6 Å². The van der Waals surface area contributed by atoms with E-state index in [-0.39, 0.29) is 6.42 Å². The van der Waals surface area contributed by atoms with Gasteiger partial charge in [-0.15, -0.1) is 0 Å². The van der Waals surface area contributed by atoms with Crippen LogP contribution in [0.2, 0.25) is 0 Å². The van der Waals surface area contributed by atoms with Gasteiger partial charge in [-0.3, -0.25) is 4.79 Å². The Kier molecular flexibility index (Phi) is 4.25. The lowest BCUT2D eigenvalue weighted by Crippen LogP contribution is -2.02. The summed E-state index contributed by atoms with van der Waals surface area (Å²) in [6.07, 6.45) is -0.0518. The number of rotatable bonds is 5. The Morgan fingerprint density at radius 1 is 1.05 bits per heavy atom. The molecule has 20 heavy (non-hydrogen) atoms. The smallest absolute Gasteiger partial charge is 0.307 e. The molecule has 0 radical (unpaired) electrons. The number of hydrogen-bond donors (Lipinski definition) is 1. The third kappa shape index (κ3) is 3.09. The van der Waals surface area contributed by atoms with E-state index in [0.717, 1.165) is 16.9 Å². The summed E-state index contributed by atoms with van der Waals surface area (Å²) in [5.41, 5.74) is 2.50. The third-order valence-electron chi connectivity index (χ3n) is 3.03. The van der Waals surface area contributed by atoms with E-state index in [1.54, 1.807) is 20.3 Å². The Hall–Kier alpha value is -2.49. The maximum absolute atomic E-state index is 11.0. The summed E-state index contributed by atoms with van der Waals surface area (Å²) < 4.78 is 10.4. The molecule has 0 spiro atoms. The average molecular weight is 272 g/mol. The first-order chi connectivity index (χ1) is 9.63. The number of hydrogen-bond acceptors (Lipinski definition) is 3. The number of carboxylic acids is 1. The second-order valence-electron chi connectivity index (χ2n) is 4.33. The van der Waals surface area contributed by atoms with Crippen molar-refractivity contribution in [2.24, 2.45) is 0 Å². The Bertz CT molecular complexity index is 620. The number of aliphatic carboxylic acids is 1. The molecule has 0 heterocycles. The Labute approximate surface area is 117 Å². The van der Waals surface area contributed by atoms with Crippen LogP contribution in [0.4, 0.5) is 0 Å². The van der Waals surface area contributed by atoms with Crippen LogP contribution in [0.25, 0.3) is 11.1 Å². The summed E-state index contributed by atoms with van der Waals surface area (Å²) in [5.74, 6) is 0.509. The van der Waals surface area contributed by atoms with Crippen LogP contribution in [-0.4, -0.2) is 25.3 Å². The van der Waals surface area contributed by atoms with Crippen LogP contribution in [0.5, 0.6) is 11.5 Å². The van der Waals surface area contributed by atoms with E-state index in [9.17, 15) is 4.79 Å². The fourth-order valence-corrected chi connectivity index (χ4v) is 2.08. The van der Waals surface area contributed by atoms with Crippen molar-refractivity contribution in [1.29, 1.82) is 0 Å². The predicted molar refractivity (Wildman–Crippen MR) is 76.3 cm³/mol. The van der Waals surface area contributed by atoms with Gasteiger partial charge in [0.05, 0.1) is 20.6 Å². The molecular formula is C16H16O4. The third-order valence-corrected chi connectivity index (χ3v) is 3.03. The zero-order chi connectivity index (χ0) is 14.5. The minimum absolute atomic E-state index is 0.0518. The van der Waals surface area contributed by atoms with Crippen LogP contribution < -0.4 is 9.47 Å². The first-order valence-electron chi connectivity index (χ1n) is 6.17. The van der Waals surface area contributed by atoms with Gasteiger partial charge in [0.15, 0.2) is 0 Å². The molecule has 0 fully saturated rings. The SMILES string of the molecule is COc1cccc(-c2ccc(OC)cc2CC(=O)O)c1. The van der Waals surface area contributed by atoms with Crippen LogP contribution in [0, 0.1) is 0 Å². The highest BCUT2D eigenvalue weighted by Gasteiger charge is 2.11. The summed E-state index contributed by atoms with van der Waals surface area (Å²) in [6, 6.07) is 13.0. The van der Waals surface area contributed by atoms with Crippen molar-refractivity contribution in [3.8, 4) is 22.6 Å². The number of carboxylic acid groups (broad SMARTS) is 1. The Balaban J connectivity index is 2.50. The highest BCUT2D eigenvalue weighted by atomic mass is 16.5. The summed E-state index contributed by atoms with van der Waals surface area (Å²) in [5, 5.41) is 9.04. The Morgan fingerprint density at radius 3 is 2.40 bits per heavy atom. The van der Waals surface area contributed by atoms with Gasteiger partial charge in [-0.05, 0) is 41.0 Å². The van der Waals surface area contributed by atoms with Crippen molar-refractivity contribution in [3.63, 3.8) is 0 Å². The van der Waals surface area contributed by atoms with Gasteiger partial charge in [0.1, 0.15) is 11.5 Å². The molecule has 0 aliphatic rings. The van der Waals surface area contributed by atoms with Gasteiger partial charge in [0.2, 0.25) is 0 Å². The van der Waals surface area contributed by atoms with Gasteiger partial charge >= 0.3 is 5.97 Å². The molecular weight excluding hydrogens is 256 g/mol. The molecule has 2 rings (SSSR count). The van der Waals surface area contributed by atoms with Gasteiger partial charge in [0, 0.05) is 0 Å². The standard InChI is InChI=1S/C16H16O4/c1-19-13-5-3-4-11(8-13)15-7-6-14(20-2)9-12(15)10-16(17)18/h3-9H,10H2,1-2H3,(H,17,18). The van der Waals surface area contributed by atoms with Crippen molar-refractivity contribution in [2.45, 2.75) is 6.42 Å². The minimum atomic E-state index is -0.873. The number of carbonyl (C=O) groups is 1. The number of ether oxygens (including phenoxy) is 2. The van der Waals surface area contributed by atoms with Crippen LogP contribution in [0.1, 0.15) is 5.56 Å². The molecule has 0 aromatic heterocycles. The predicted octanol–water partition coefficient (Wildman–Crippen LogP) is 3.00. The molecule has 0 atom stereocenters. The molecule has 0 aliphatic carbocycles. The highest BCUT2D eigenvalue weighted by Crippen LogP contribution is 2.30. The average Bonchev–Trinajstić information content (AvgIpc) is 2.46. The summed E-state index contributed by atoms with van der Waals surface area (Å²) in [7, 11) is 3.16. The molecule has 0 unspecified atom stereocenters. The molecule has 4 heteroatoms. The molecule has 1 N–H and O–H groups in total. The topological polar surface area (TPSA) is 55.8 Å². The second-order valence-corrected chi connectivity index (χ2v) is 4.33. The van der Waals surface area contributed by atoms with Gasteiger partial charge in [0.25, 0.3) is 0 Å². The second kappa shape index (κ2) is 6.10. The zero-order valence-corrected chi connectivity index (χ0v) is 11.4. The number of benzene rings is 2. The molecule has 2 aromatic carbocycles. The Morgan fingerprint density at radius 2 is 1.75 bits per heavy atom. The van der Waals surface area contributed by atoms with E-state index in [1.807, 2.05) is 36.4 Å². The number of methoxy groups -OCH3 is 2. The van der Waals surface area contributed by atoms with Crippen molar-refractivity contribution in [1.82, 2.24) is 0 Å². The van der Waals surface area contributed by atoms with Crippen LogP contribution in [0.3, 0.4) is 0 Å². The molecule has 2 aromatic rings. The van der Waals surface area contributed by atoms with E-state index in [2.05, 4.69) is 0 Å². The maximum atomic E-state index is 11.0. The fourth-order valence-electron chi connectivity index (χ4n) is 2.08.